The first kappa shape index (κ1) is 21.8. The van der Waals surface area contributed by atoms with Gasteiger partial charge in [0, 0.05) is 22.3 Å². The van der Waals surface area contributed by atoms with Crippen LogP contribution in [0.2, 0.25) is 10.0 Å². The molecule has 31 heavy (non-hydrogen) atoms. The molecule has 0 spiro atoms. The zero-order chi connectivity index (χ0) is 22.2. The fourth-order valence-corrected chi connectivity index (χ4v) is 5.48. The van der Waals surface area contributed by atoms with E-state index in [0.29, 0.717) is 15.7 Å². The molecule has 8 heteroatoms. The highest BCUT2D eigenvalue weighted by atomic mass is 35.5. The maximum atomic E-state index is 13.5. The van der Waals surface area contributed by atoms with E-state index in [1.165, 1.54) is 28.6 Å². The van der Waals surface area contributed by atoms with Crippen molar-refractivity contribution in [1.82, 2.24) is 4.31 Å². The number of anilines is 1. The average Bonchev–Trinajstić information content (AvgIpc) is 2.75. The molecule has 160 valence electrons. The number of halogens is 2. The van der Waals surface area contributed by atoms with Crippen LogP contribution in [0.1, 0.15) is 16.7 Å². The predicted molar refractivity (Wildman–Crippen MR) is 123 cm³/mol. The molecule has 0 radical (unpaired) electrons. The van der Waals surface area contributed by atoms with Crippen molar-refractivity contribution in [2.24, 2.45) is 0 Å². The van der Waals surface area contributed by atoms with E-state index in [1.807, 2.05) is 31.2 Å². The number of sulfonamides is 1. The normalized spacial score (nSPS) is 16.5. The Morgan fingerprint density at radius 3 is 2.35 bits per heavy atom. The highest BCUT2D eigenvalue weighted by molar-refractivity contribution is 7.89. The lowest BCUT2D eigenvalue weighted by Crippen LogP contribution is -2.50. The minimum Gasteiger partial charge on any atom is -0.325 e. The molecule has 1 amide bonds. The first-order chi connectivity index (χ1) is 14.8. The highest BCUT2D eigenvalue weighted by Gasteiger charge is 2.39. The van der Waals surface area contributed by atoms with Gasteiger partial charge in [0.25, 0.3) is 0 Å². The Hall–Kier alpha value is -2.38. The maximum Gasteiger partial charge on any atom is 0.244 e. The van der Waals surface area contributed by atoms with E-state index in [-0.39, 0.29) is 17.9 Å². The Bertz CT molecular complexity index is 1240. The van der Waals surface area contributed by atoms with Crippen LogP contribution in [0.25, 0.3) is 0 Å². The number of aryl methyl sites for hydroxylation is 1. The van der Waals surface area contributed by atoms with E-state index < -0.39 is 22.0 Å². The highest BCUT2D eigenvalue weighted by Crippen LogP contribution is 2.30. The van der Waals surface area contributed by atoms with E-state index in [2.05, 4.69) is 5.32 Å². The molecule has 1 heterocycles. The number of carbonyl (C=O) groups is 1. The lowest BCUT2D eigenvalue weighted by Gasteiger charge is -2.35. The second-order valence-corrected chi connectivity index (χ2v) is 10.2. The Balaban J connectivity index is 1.71. The van der Waals surface area contributed by atoms with Crippen molar-refractivity contribution < 1.29 is 13.2 Å². The van der Waals surface area contributed by atoms with Gasteiger partial charge in [-0.25, -0.2) is 8.42 Å². The largest absolute Gasteiger partial charge is 0.325 e. The quantitative estimate of drug-likeness (QED) is 0.574. The van der Waals surface area contributed by atoms with Crippen LogP contribution in [0, 0.1) is 6.92 Å². The molecule has 3 aromatic carbocycles. The number of amides is 1. The number of fused-ring (bicyclic) bond motifs is 1. The van der Waals surface area contributed by atoms with Gasteiger partial charge in [-0.3, -0.25) is 4.79 Å². The van der Waals surface area contributed by atoms with E-state index in [1.54, 1.807) is 18.2 Å². The van der Waals surface area contributed by atoms with E-state index in [4.69, 9.17) is 23.2 Å². The summed E-state index contributed by atoms with van der Waals surface area (Å²) in [6.45, 7) is 1.97. The van der Waals surface area contributed by atoms with Crippen LogP contribution < -0.4 is 5.32 Å². The Labute approximate surface area is 191 Å². The van der Waals surface area contributed by atoms with Gasteiger partial charge < -0.3 is 5.32 Å². The van der Waals surface area contributed by atoms with Crippen molar-refractivity contribution in [3.8, 4) is 0 Å². The number of nitrogens with one attached hydrogen (secondary N) is 1. The summed E-state index contributed by atoms with van der Waals surface area (Å²) >= 11 is 12.1. The zero-order valence-electron chi connectivity index (χ0n) is 16.7. The molecule has 3 aromatic rings. The molecule has 1 atom stereocenters. The monoisotopic (exact) mass is 474 g/mol. The van der Waals surface area contributed by atoms with Gasteiger partial charge in [-0.2, -0.15) is 4.31 Å². The third kappa shape index (κ3) is 4.48. The summed E-state index contributed by atoms with van der Waals surface area (Å²) in [4.78, 5) is 13.3. The van der Waals surface area contributed by atoms with Gasteiger partial charge in [0.2, 0.25) is 15.9 Å². The Morgan fingerprint density at radius 1 is 1.00 bits per heavy atom. The van der Waals surface area contributed by atoms with Crippen molar-refractivity contribution in [2.75, 3.05) is 5.32 Å². The van der Waals surface area contributed by atoms with Crippen molar-refractivity contribution in [1.29, 1.82) is 0 Å². The van der Waals surface area contributed by atoms with Gasteiger partial charge in [-0.15, -0.1) is 0 Å². The summed E-state index contributed by atoms with van der Waals surface area (Å²) in [5.74, 6) is -0.410. The first-order valence-electron chi connectivity index (χ1n) is 9.67. The molecule has 0 bridgehead atoms. The number of hydrogen-bond donors (Lipinski definition) is 1. The summed E-state index contributed by atoms with van der Waals surface area (Å²) in [6, 6.07) is 17.8. The van der Waals surface area contributed by atoms with Crippen LogP contribution in [0.3, 0.4) is 0 Å². The molecule has 1 N–H and O–H groups in total. The van der Waals surface area contributed by atoms with Crippen molar-refractivity contribution in [3.05, 3.63) is 93.5 Å². The molecule has 5 nitrogen and oxygen atoms in total. The molecule has 0 saturated heterocycles. The molecule has 1 aliphatic heterocycles. The molecule has 1 aliphatic rings. The summed E-state index contributed by atoms with van der Waals surface area (Å²) in [6.07, 6.45) is 0.272. The van der Waals surface area contributed by atoms with Gasteiger partial charge in [-0.1, -0.05) is 53.5 Å². The number of hydrogen-bond acceptors (Lipinski definition) is 3. The fourth-order valence-electron chi connectivity index (χ4n) is 3.61. The van der Waals surface area contributed by atoms with Gasteiger partial charge >= 0.3 is 0 Å². The minimum absolute atomic E-state index is 0.0902. The number of nitrogens with zero attached hydrogens (tertiary/aromatic N) is 1. The standard InChI is InChI=1S/C23H20Cl2N2O3S/c1-15-6-9-19(13-21(15)25)26-23(28)22-12-16-4-2-3-5-17(16)14-27(22)31(29,30)20-10-7-18(24)8-11-20/h2-11,13,22H,12,14H2,1H3,(H,26,28)/t22-/m0/s1. The fraction of sp³-hybridized carbons (Fsp3) is 0.174. The SMILES string of the molecule is Cc1ccc(NC(=O)[C@@H]2Cc3ccccc3CN2S(=O)(=O)c2ccc(Cl)cc2)cc1Cl. The van der Waals surface area contributed by atoms with Crippen LogP contribution in [0.4, 0.5) is 5.69 Å². The summed E-state index contributed by atoms with van der Waals surface area (Å²) in [5, 5.41) is 3.79. The molecule has 0 aliphatic carbocycles. The van der Waals surface area contributed by atoms with Crippen LogP contribution >= 0.6 is 23.2 Å². The van der Waals surface area contributed by atoms with Crippen LogP contribution in [0.5, 0.6) is 0 Å². The van der Waals surface area contributed by atoms with Crippen LogP contribution in [-0.4, -0.2) is 24.7 Å². The Kier molecular flexibility index (Phi) is 6.08. The molecular weight excluding hydrogens is 455 g/mol. The number of carbonyl (C=O) groups excluding carboxylic acids is 1. The summed E-state index contributed by atoms with van der Waals surface area (Å²) in [5.41, 5.74) is 3.23. The zero-order valence-corrected chi connectivity index (χ0v) is 19.0. The summed E-state index contributed by atoms with van der Waals surface area (Å²) < 4.78 is 28.2. The molecule has 0 fully saturated rings. The Morgan fingerprint density at radius 2 is 1.68 bits per heavy atom. The smallest absolute Gasteiger partial charge is 0.244 e. The summed E-state index contributed by atoms with van der Waals surface area (Å²) in [7, 11) is -3.94. The molecule has 0 unspecified atom stereocenters. The van der Waals surface area contributed by atoms with E-state index in [9.17, 15) is 13.2 Å². The van der Waals surface area contributed by atoms with E-state index >= 15 is 0 Å². The molecule has 0 saturated carbocycles. The average molecular weight is 475 g/mol. The van der Waals surface area contributed by atoms with Gasteiger partial charge in [-0.05, 0) is 66.4 Å². The molecule has 0 aromatic heterocycles. The number of rotatable bonds is 4. The van der Waals surface area contributed by atoms with Gasteiger partial charge in [0.05, 0.1) is 4.90 Å². The second kappa shape index (κ2) is 8.63. The predicted octanol–water partition coefficient (Wildman–Crippen LogP) is 5.06. The lowest BCUT2D eigenvalue weighted by atomic mass is 9.95. The lowest BCUT2D eigenvalue weighted by molar-refractivity contribution is -0.120. The molecular formula is C23H20Cl2N2O3S. The van der Waals surface area contributed by atoms with Crippen molar-refractivity contribution >= 4 is 44.8 Å². The third-order valence-electron chi connectivity index (χ3n) is 5.37. The van der Waals surface area contributed by atoms with Gasteiger partial charge in [0.15, 0.2) is 0 Å². The topological polar surface area (TPSA) is 66.5 Å². The van der Waals surface area contributed by atoms with Crippen LogP contribution in [-0.2, 0) is 27.8 Å². The molecule has 4 rings (SSSR count). The third-order valence-corrected chi connectivity index (χ3v) is 7.90. The second-order valence-electron chi connectivity index (χ2n) is 7.45. The van der Waals surface area contributed by atoms with Gasteiger partial charge in [0.1, 0.15) is 6.04 Å². The van der Waals surface area contributed by atoms with Crippen LogP contribution in [0.15, 0.2) is 71.6 Å². The number of benzene rings is 3. The minimum atomic E-state index is -3.94. The maximum absolute atomic E-state index is 13.5. The van der Waals surface area contributed by atoms with E-state index in [0.717, 1.165) is 16.7 Å². The first-order valence-corrected chi connectivity index (χ1v) is 11.9. The van der Waals surface area contributed by atoms with Crippen molar-refractivity contribution in [2.45, 2.75) is 30.8 Å². The van der Waals surface area contributed by atoms with Crippen molar-refractivity contribution in [3.63, 3.8) is 0 Å².